The van der Waals surface area contributed by atoms with E-state index in [0.717, 1.165) is 14.7 Å². The summed E-state index contributed by atoms with van der Waals surface area (Å²) in [6.45, 7) is 5.13. The summed E-state index contributed by atoms with van der Waals surface area (Å²) in [7, 11) is -3.50. The number of nitrogens with zero attached hydrogens (tertiary/aromatic N) is 4. The molecule has 0 radical (unpaired) electrons. The molecule has 2 aromatic heterocycles. The maximum Gasteiger partial charge on any atom is 0.312 e. The summed E-state index contributed by atoms with van der Waals surface area (Å²) in [5.74, 6) is 0.332. The summed E-state index contributed by atoms with van der Waals surface area (Å²) in [5.41, 5.74) is 7.97. The Morgan fingerprint density at radius 3 is 2.73 bits per heavy atom. The molecule has 2 heterocycles. The molecule has 0 spiro atoms. The Bertz CT molecular complexity index is 1340. The topological polar surface area (TPSA) is 116 Å². The van der Waals surface area contributed by atoms with Crippen molar-refractivity contribution in [1.29, 1.82) is 0 Å². The summed E-state index contributed by atoms with van der Waals surface area (Å²) < 4.78 is 58.1. The Kier molecular flexibility index (Phi) is 6.37. The lowest BCUT2D eigenvalue weighted by molar-refractivity contribution is 0.343. The number of nitrogens with one attached hydrogen (secondary N) is 1. The van der Waals surface area contributed by atoms with Gasteiger partial charge in [0.05, 0.1) is 5.75 Å². The van der Waals surface area contributed by atoms with Crippen LogP contribution in [-0.2, 0) is 29.4 Å². The fourth-order valence-corrected chi connectivity index (χ4v) is 5.96. The van der Waals surface area contributed by atoms with E-state index in [-0.39, 0.29) is 29.3 Å². The number of benzene rings is 1. The first kappa shape index (κ1) is 24.2. The Balaban J connectivity index is 1.80. The highest BCUT2D eigenvalue weighted by atomic mass is 127. The van der Waals surface area contributed by atoms with Crippen LogP contribution in [0.15, 0.2) is 12.1 Å². The van der Waals surface area contributed by atoms with Crippen LogP contribution >= 0.6 is 22.6 Å². The molecule has 33 heavy (non-hydrogen) atoms. The lowest BCUT2D eigenvalue weighted by atomic mass is 10.0. The average Bonchev–Trinajstić information content (AvgIpc) is 3.22. The van der Waals surface area contributed by atoms with Crippen LogP contribution in [0.3, 0.4) is 0 Å². The van der Waals surface area contributed by atoms with Crippen LogP contribution in [0.25, 0.3) is 11.2 Å². The molecular formula is C21H25F2IN6O2S. The van der Waals surface area contributed by atoms with E-state index in [1.54, 1.807) is 25.3 Å². The van der Waals surface area contributed by atoms with E-state index < -0.39 is 27.8 Å². The highest BCUT2D eigenvalue weighted by Crippen LogP contribution is 2.37. The first-order valence-electron chi connectivity index (χ1n) is 10.5. The molecule has 1 aliphatic rings. The normalized spacial score (nSPS) is 16.5. The molecule has 8 nitrogen and oxygen atoms in total. The van der Waals surface area contributed by atoms with Gasteiger partial charge in [-0.05, 0) is 79.0 Å². The van der Waals surface area contributed by atoms with Gasteiger partial charge in [-0.25, -0.2) is 22.5 Å². The molecule has 1 atom stereocenters. The van der Waals surface area contributed by atoms with Gasteiger partial charge in [0.15, 0.2) is 17.0 Å². The first-order chi connectivity index (χ1) is 15.4. The van der Waals surface area contributed by atoms with Crippen molar-refractivity contribution in [1.82, 2.24) is 24.2 Å². The molecule has 4 rings (SSSR count). The SMILES string of the molecule is CCS(=O)(=O)NC(C)(C)Cn1c(Cc2cc3c(cc2I)CCC3F)nc2c(N)nc(F)nc21. The molecule has 12 heteroatoms. The van der Waals surface area contributed by atoms with Crippen molar-refractivity contribution in [3.8, 4) is 0 Å². The number of fused-ring (bicyclic) bond motifs is 2. The van der Waals surface area contributed by atoms with E-state index in [1.165, 1.54) is 0 Å². The molecule has 3 N–H and O–H groups in total. The summed E-state index contributed by atoms with van der Waals surface area (Å²) in [6.07, 6.45) is -0.487. The predicted molar refractivity (Wildman–Crippen MR) is 131 cm³/mol. The number of imidazole rings is 1. The number of sulfonamides is 1. The van der Waals surface area contributed by atoms with Crippen LogP contribution in [0.5, 0.6) is 0 Å². The van der Waals surface area contributed by atoms with Crippen molar-refractivity contribution in [2.75, 3.05) is 11.5 Å². The van der Waals surface area contributed by atoms with Gasteiger partial charge in [-0.3, -0.25) is 0 Å². The minimum absolute atomic E-state index is 0.0740. The van der Waals surface area contributed by atoms with Gasteiger partial charge in [0.25, 0.3) is 0 Å². The third kappa shape index (κ3) is 4.97. The van der Waals surface area contributed by atoms with Gasteiger partial charge in [-0.2, -0.15) is 14.4 Å². The zero-order valence-electron chi connectivity index (χ0n) is 18.5. The Hall–Kier alpha value is -1.93. The van der Waals surface area contributed by atoms with Crippen LogP contribution in [0.1, 0.15) is 55.9 Å². The van der Waals surface area contributed by atoms with Gasteiger partial charge in [0.1, 0.15) is 12.0 Å². The second kappa shape index (κ2) is 8.69. The molecule has 0 amide bonds. The zero-order chi connectivity index (χ0) is 24.1. The van der Waals surface area contributed by atoms with Gasteiger partial charge in [0, 0.05) is 22.1 Å². The molecule has 3 aromatic rings. The molecule has 1 unspecified atom stereocenters. The van der Waals surface area contributed by atoms with Crippen molar-refractivity contribution >= 4 is 49.6 Å². The smallest absolute Gasteiger partial charge is 0.312 e. The monoisotopic (exact) mass is 590 g/mol. The molecule has 178 valence electrons. The van der Waals surface area contributed by atoms with E-state index in [1.807, 2.05) is 12.1 Å². The molecule has 0 aliphatic heterocycles. The van der Waals surface area contributed by atoms with E-state index in [2.05, 4.69) is 42.3 Å². The number of nitrogens with two attached hydrogens (primary N) is 1. The minimum Gasteiger partial charge on any atom is -0.382 e. The first-order valence-corrected chi connectivity index (χ1v) is 13.3. The number of rotatable bonds is 7. The largest absolute Gasteiger partial charge is 0.382 e. The number of anilines is 1. The summed E-state index contributed by atoms with van der Waals surface area (Å²) >= 11 is 2.22. The zero-order valence-corrected chi connectivity index (χ0v) is 21.5. The predicted octanol–water partition coefficient (Wildman–Crippen LogP) is 3.42. The summed E-state index contributed by atoms with van der Waals surface area (Å²) in [4.78, 5) is 12.0. The number of hydrogen-bond acceptors (Lipinski definition) is 6. The van der Waals surface area contributed by atoms with E-state index >= 15 is 0 Å². The lowest BCUT2D eigenvalue weighted by Crippen LogP contribution is -2.47. The van der Waals surface area contributed by atoms with Crippen molar-refractivity contribution in [3.63, 3.8) is 0 Å². The second-order valence-electron chi connectivity index (χ2n) is 8.88. The van der Waals surface area contributed by atoms with Gasteiger partial charge in [-0.1, -0.05) is 6.07 Å². The fourth-order valence-electron chi connectivity index (χ4n) is 4.19. The Morgan fingerprint density at radius 2 is 2.03 bits per heavy atom. The van der Waals surface area contributed by atoms with E-state index in [4.69, 9.17) is 5.73 Å². The highest BCUT2D eigenvalue weighted by molar-refractivity contribution is 14.1. The molecule has 0 saturated carbocycles. The Morgan fingerprint density at radius 1 is 1.30 bits per heavy atom. The van der Waals surface area contributed by atoms with E-state index in [0.29, 0.717) is 30.7 Å². The van der Waals surface area contributed by atoms with Crippen molar-refractivity contribution in [2.45, 2.75) is 58.3 Å². The maximum absolute atomic E-state index is 14.4. The van der Waals surface area contributed by atoms with E-state index in [9.17, 15) is 17.2 Å². The standard InChI is InChI=1S/C21H25F2IN6O2S/c1-4-33(31,32)29-21(2,3)10-30-16(26-17-18(25)27-20(23)28-19(17)30)9-12-7-13-11(8-15(12)24)5-6-14(13)22/h7-8,14,29H,4-6,9-10H2,1-3H3,(H2,25,27,28). The molecule has 0 saturated heterocycles. The average molecular weight is 590 g/mol. The van der Waals surface area contributed by atoms with Crippen molar-refractivity contribution in [3.05, 3.63) is 44.3 Å². The molecule has 1 aliphatic carbocycles. The quantitative estimate of drug-likeness (QED) is 0.322. The number of aromatic nitrogens is 4. The van der Waals surface area contributed by atoms with Crippen LogP contribution < -0.4 is 10.5 Å². The van der Waals surface area contributed by atoms with Crippen molar-refractivity contribution < 1.29 is 17.2 Å². The number of halogens is 3. The summed E-state index contributed by atoms with van der Waals surface area (Å²) in [5, 5.41) is 0. The number of aryl methyl sites for hydroxylation is 1. The van der Waals surface area contributed by atoms with Crippen LogP contribution in [0, 0.1) is 9.65 Å². The van der Waals surface area contributed by atoms with Crippen molar-refractivity contribution in [2.24, 2.45) is 0 Å². The molecule has 1 aromatic carbocycles. The lowest BCUT2D eigenvalue weighted by Gasteiger charge is -2.27. The molecule has 0 bridgehead atoms. The van der Waals surface area contributed by atoms with Gasteiger partial charge in [-0.15, -0.1) is 0 Å². The van der Waals surface area contributed by atoms with Crippen LogP contribution in [0.4, 0.5) is 14.6 Å². The van der Waals surface area contributed by atoms with Gasteiger partial charge >= 0.3 is 6.08 Å². The Labute approximate surface area is 204 Å². The van der Waals surface area contributed by atoms with Crippen LogP contribution in [-0.4, -0.2) is 39.2 Å². The molecular weight excluding hydrogens is 565 g/mol. The third-order valence-electron chi connectivity index (χ3n) is 5.70. The number of alkyl halides is 1. The minimum atomic E-state index is -3.50. The fraction of sp³-hybridized carbons (Fsp3) is 0.476. The number of hydrogen-bond donors (Lipinski definition) is 2. The second-order valence-corrected chi connectivity index (χ2v) is 12.1. The summed E-state index contributed by atoms with van der Waals surface area (Å²) in [6, 6.07) is 3.85. The van der Waals surface area contributed by atoms with Crippen LogP contribution in [0.2, 0.25) is 0 Å². The van der Waals surface area contributed by atoms with Gasteiger partial charge in [0.2, 0.25) is 10.0 Å². The highest BCUT2D eigenvalue weighted by Gasteiger charge is 2.29. The van der Waals surface area contributed by atoms with Gasteiger partial charge < -0.3 is 10.3 Å². The molecule has 0 fully saturated rings. The third-order valence-corrected chi connectivity index (χ3v) is 8.33. The maximum atomic E-state index is 14.4. The number of nitrogen functional groups attached to an aromatic ring is 1.